The van der Waals surface area contributed by atoms with Crippen molar-refractivity contribution in [3.8, 4) is 11.4 Å². The fourth-order valence-electron chi connectivity index (χ4n) is 3.45. The lowest BCUT2D eigenvalue weighted by atomic mass is 10.2. The van der Waals surface area contributed by atoms with Crippen molar-refractivity contribution < 1.29 is 9.53 Å². The van der Waals surface area contributed by atoms with E-state index in [0.717, 1.165) is 53.3 Å². The normalized spacial score (nSPS) is 12.5. The van der Waals surface area contributed by atoms with E-state index in [9.17, 15) is 4.79 Å². The Labute approximate surface area is 158 Å². The monoisotopic (exact) mass is 362 g/mol. The number of aromatic nitrogens is 2. The molecule has 1 heterocycles. The number of hydrogen-bond donors (Lipinski definition) is 2. The maximum Gasteiger partial charge on any atom is 0.320 e. The number of hydrogen-bond acceptors (Lipinski definition) is 3. The molecule has 0 unspecified atom stereocenters. The molecule has 2 N–H and O–H groups in total. The molecule has 1 aliphatic carbocycles. The zero-order valence-corrected chi connectivity index (χ0v) is 15.2. The lowest BCUT2D eigenvalue weighted by molar-refractivity contribution is 0.251. The van der Waals surface area contributed by atoms with Crippen LogP contribution >= 0.6 is 0 Å². The molecule has 0 spiro atoms. The number of methoxy groups -OCH3 is 1. The van der Waals surface area contributed by atoms with Crippen molar-refractivity contribution in [3.05, 3.63) is 71.4 Å². The van der Waals surface area contributed by atoms with Gasteiger partial charge in [-0.1, -0.05) is 36.4 Å². The van der Waals surface area contributed by atoms with Crippen molar-refractivity contribution >= 4 is 11.8 Å². The molecule has 0 saturated carbocycles. The quantitative estimate of drug-likeness (QED) is 0.727. The van der Waals surface area contributed by atoms with Crippen molar-refractivity contribution in [3.63, 3.8) is 0 Å². The van der Waals surface area contributed by atoms with Gasteiger partial charge in [0.15, 0.2) is 0 Å². The maximum absolute atomic E-state index is 12.6. The van der Waals surface area contributed by atoms with Gasteiger partial charge in [-0.2, -0.15) is 5.10 Å². The second-order valence-corrected chi connectivity index (χ2v) is 6.49. The van der Waals surface area contributed by atoms with Gasteiger partial charge < -0.3 is 10.1 Å². The Bertz CT molecular complexity index is 950. The predicted octanol–water partition coefficient (Wildman–Crippen LogP) is 3.69. The fraction of sp³-hybridized carbons (Fsp3) is 0.238. The van der Waals surface area contributed by atoms with Crippen molar-refractivity contribution in [2.24, 2.45) is 0 Å². The number of fused-ring (bicyclic) bond motifs is 1. The lowest BCUT2D eigenvalue weighted by Crippen LogP contribution is -2.29. The summed E-state index contributed by atoms with van der Waals surface area (Å²) in [5.41, 5.74) is 4.06. The smallest absolute Gasteiger partial charge is 0.320 e. The third kappa shape index (κ3) is 3.51. The number of urea groups is 1. The van der Waals surface area contributed by atoms with Gasteiger partial charge in [0, 0.05) is 17.7 Å². The van der Waals surface area contributed by atoms with Crippen molar-refractivity contribution in [2.75, 3.05) is 12.4 Å². The van der Waals surface area contributed by atoms with Crippen LogP contribution in [-0.2, 0) is 19.4 Å². The first kappa shape index (κ1) is 17.1. The molecule has 0 aliphatic heterocycles. The van der Waals surface area contributed by atoms with Crippen LogP contribution < -0.4 is 15.4 Å². The highest BCUT2D eigenvalue weighted by Gasteiger charge is 2.24. The zero-order chi connectivity index (χ0) is 18.6. The molecule has 1 aliphatic rings. The summed E-state index contributed by atoms with van der Waals surface area (Å²) >= 11 is 0. The topological polar surface area (TPSA) is 68.2 Å². The van der Waals surface area contributed by atoms with E-state index in [0.29, 0.717) is 6.54 Å². The first-order valence-corrected chi connectivity index (χ1v) is 9.09. The van der Waals surface area contributed by atoms with Crippen LogP contribution in [0.3, 0.4) is 0 Å². The van der Waals surface area contributed by atoms with Gasteiger partial charge >= 0.3 is 6.03 Å². The molecule has 0 saturated heterocycles. The highest BCUT2D eigenvalue weighted by atomic mass is 16.5. The number of ether oxygens (including phenoxy) is 1. The van der Waals surface area contributed by atoms with Crippen LogP contribution in [0.1, 0.15) is 23.2 Å². The molecular formula is C21H22N4O2. The van der Waals surface area contributed by atoms with E-state index in [1.807, 2.05) is 59.3 Å². The first-order chi connectivity index (χ1) is 13.3. The van der Waals surface area contributed by atoms with Crippen LogP contribution in [0.25, 0.3) is 5.69 Å². The fourth-order valence-corrected chi connectivity index (χ4v) is 3.45. The number of nitrogens with one attached hydrogen (secondary N) is 2. The standard InChI is InChI=1S/C21H22N4O2/c1-27-19-13-6-5-8-15(19)14-22-21(26)23-20-17-11-7-12-18(17)24-25(20)16-9-3-2-4-10-16/h2-6,8-10,13H,7,11-12,14H2,1H3,(H2,22,23,26). The molecule has 0 bridgehead atoms. The number of amides is 2. The summed E-state index contributed by atoms with van der Waals surface area (Å²) in [5.74, 6) is 1.51. The number of nitrogens with zero attached hydrogens (tertiary/aromatic N) is 2. The molecule has 0 radical (unpaired) electrons. The lowest BCUT2D eigenvalue weighted by Gasteiger charge is -2.13. The Morgan fingerprint density at radius 1 is 1.11 bits per heavy atom. The largest absolute Gasteiger partial charge is 0.496 e. The molecule has 3 aromatic rings. The van der Waals surface area contributed by atoms with E-state index >= 15 is 0 Å². The van der Waals surface area contributed by atoms with Gasteiger partial charge in [0.2, 0.25) is 0 Å². The third-order valence-electron chi connectivity index (χ3n) is 4.77. The highest BCUT2D eigenvalue weighted by molar-refractivity contribution is 5.89. The van der Waals surface area contributed by atoms with Crippen LogP contribution in [0.5, 0.6) is 5.75 Å². The van der Waals surface area contributed by atoms with Crippen LogP contribution in [0, 0.1) is 0 Å². The molecule has 1 aromatic heterocycles. The number of carbonyl (C=O) groups is 1. The minimum atomic E-state index is -0.257. The molecule has 138 valence electrons. The number of benzene rings is 2. The predicted molar refractivity (Wildman–Crippen MR) is 104 cm³/mol. The summed E-state index contributed by atoms with van der Waals surface area (Å²) in [7, 11) is 1.63. The van der Waals surface area contributed by atoms with Gasteiger partial charge in [-0.25, -0.2) is 9.48 Å². The number of anilines is 1. The van der Waals surface area contributed by atoms with E-state index in [-0.39, 0.29) is 6.03 Å². The average molecular weight is 362 g/mol. The molecular weight excluding hydrogens is 340 g/mol. The second-order valence-electron chi connectivity index (χ2n) is 6.49. The molecule has 2 aromatic carbocycles. The van der Waals surface area contributed by atoms with Gasteiger partial charge in [0.05, 0.1) is 18.5 Å². The van der Waals surface area contributed by atoms with Gasteiger partial charge in [0.25, 0.3) is 0 Å². The van der Waals surface area contributed by atoms with E-state index in [1.54, 1.807) is 7.11 Å². The van der Waals surface area contributed by atoms with E-state index in [1.165, 1.54) is 0 Å². The van der Waals surface area contributed by atoms with E-state index in [4.69, 9.17) is 9.84 Å². The minimum Gasteiger partial charge on any atom is -0.496 e. The molecule has 0 atom stereocenters. The Hall–Kier alpha value is -3.28. The Kier molecular flexibility index (Phi) is 4.78. The Morgan fingerprint density at radius 2 is 1.89 bits per heavy atom. The zero-order valence-electron chi connectivity index (χ0n) is 15.2. The van der Waals surface area contributed by atoms with E-state index in [2.05, 4.69) is 10.6 Å². The van der Waals surface area contributed by atoms with Gasteiger partial charge in [-0.3, -0.25) is 5.32 Å². The van der Waals surface area contributed by atoms with Crippen LogP contribution in [-0.4, -0.2) is 22.9 Å². The number of aryl methyl sites for hydroxylation is 1. The number of carbonyl (C=O) groups excluding carboxylic acids is 1. The SMILES string of the molecule is COc1ccccc1CNC(=O)Nc1c2c(nn1-c1ccccc1)CCC2. The van der Waals surface area contributed by atoms with Gasteiger partial charge in [0.1, 0.15) is 11.6 Å². The summed E-state index contributed by atoms with van der Waals surface area (Å²) in [6.45, 7) is 0.386. The molecule has 4 rings (SSSR count). The van der Waals surface area contributed by atoms with Gasteiger partial charge in [-0.05, 0) is 37.5 Å². The first-order valence-electron chi connectivity index (χ1n) is 9.09. The van der Waals surface area contributed by atoms with Crippen molar-refractivity contribution in [1.29, 1.82) is 0 Å². The molecule has 6 nitrogen and oxygen atoms in total. The molecule has 6 heteroatoms. The third-order valence-corrected chi connectivity index (χ3v) is 4.77. The van der Waals surface area contributed by atoms with Crippen molar-refractivity contribution in [2.45, 2.75) is 25.8 Å². The van der Waals surface area contributed by atoms with Crippen LogP contribution in [0.15, 0.2) is 54.6 Å². The molecule has 0 fully saturated rings. The molecule has 27 heavy (non-hydrogen) atoms. The maximum atomic E-state index is 12.6. The number of para-hydroxylation sites is 2. The Balaban J connectivity index is 1.53. The summed E-state index contributed by atoms with van der Waals surface area (Å²) in [5, 5.41) is 10.6. The minimum absolute atomic E-state index is 0.257. The van der Waals surface area contributed by atoms with Crippen LogP contribution in [0.4, 0.5) is 10.6 Å². The van der Waals surface area contributed by atoms with Crippen molar-refractivity contribution in [1.82, 2.24) is 15.1 Å². The average Bonchev–Trinajstić information content (AvgIpc) is 3.30. The van der Waals surface area contributed by atoms with E-state index < -0.39 is 0 Å². The summed E-state index contributed by atoms with van der Waals surface area (Å²) in [6, 6.07) is 17.3. The highest BCUT2D eigenvalue weighted by Crippen LogP contribution is 2.30. The Morgan fingerprint density at radius 3 is 2.70 bits per heavy atom. The van der Waals surface area contributed by atoms with Crippen LogP contribution in [0.2, 0.25) is 0 Å². The van der Waals surface area contributed by atoms with Gasteiger partial charge in [-0.15, -0.1) is 0 Å². The summed E-state index contributed by atoms with van der Waals surface area (Å²) in [4.78, 5) is 12.6. The summed E-state index contributed by atoms with van der Waals surface area (Å²) in [6.07, 6.45) is 2.96. The summed E-state index contributed by atoms with van der Waals surface area (Å²) < 4.78 is 7.16. The number of rotatable bonds is 5. The molecule has 2 amide bonds. The second kappa shape index (κ2) is 7.53.